The first kappa shape index (κ1) is 87.0. The van der Waals surface area contributed by atoms with Crippen LogP contribution in [0.25, 0.3) is 174 Å². The van der Waals surface area contributed by atoms with Crippen molar-refractivity contribution in [2.45, 2.75) is 176 Å². The summed E-state index contributed by atoms with van der Waals surface area (Å²) in [6.45, 7) is 15.6. The fourth-order valence-electron chi connectivity index (χ4n) is 22.6. The van der Waals surface area contributed by atoms with Gasteiger partial charge in [-0.25, -0.2) is 0 Å². The average Bonchev–Trinajstić information content (AvgIpc) is 1.14. The molecule has 5 aliphatic heterocycles. The molecule has 0 radical (unpaired) electrons. The number of aryl methyl sites for hydroxylation is 7. The largest absolute Gasteiger partial charge is 0.464 e. The number of thiophene rings is 1. The molecule has 14 heterocycles. The van der Waals surface area contributed by atoms with Crippen molar-refractivity contribution in [2.75, 3.05) is 6.26 Å². The third-order valence-corrected chi connectivity index (χ3v) is 37.1. The zero-order chi connectivity index (χ0) is 91.7. The van der Waals surface area contributed by atoms with Gasteiger partial charge in [0.05, 0.1) is 38.7 Å². The molecule has 7 aliphatic rings. The number of nitrogens with zero attached hydrogens (tertiary/aromatic N) is 7. The van der Waals surface area contributed by atoms with Gasteiger partial charge in [-0.2, -0.15) is 22.8 Å². The van der Waals surface area contributed by atoms with Crippen molar-refractivity contribution in [1.29, 1.82) is 0 Å². The summed E-state index contributed by atoms with van der Waals surface area (Å²) in [6, 6.07) is 105. The van der Waals surface area contributed by atoms with E-state index >= 15 is 0 Å². The number of fused-ring (bicyclic) bond motifs is 3. The number of hydrogen-bond donors (Lipinski definition) is 0. The number of aromatic nitrogens is 7. The third-order valence-electron chi connectivity index (χ3n) is 29.9. The van der Waals surface area contributed by atoms with Crippen LogP contribution in [0.2, 0.25) is 0 Å². The van der Waals surface area contributed by atoms with Crippen molar-refractivity contribution < 1.29 is 27.3 Å². The molecule has 0 atom stereocenters. The Morgan fingerprint density at radius 2 is 0.765 bits per heavy atom. The summed E-state index contributed by atoms with van der Waals surface area (Å²) >= 11 is 13.5. The Balaban J connectivity index is 0.0000000892. The molecule has 22 aromatic rings. The summed E-state index contributed by atoms with van der Waals surface area (Å²) in [4.78, 5) is 14.9. The molecule has 0 amide bonds. The molecule has 15 heteroatoms. The Morgan fingerprint density at radius 1 is 0.360 bits per heavy atom. The number of rotatable bonds is 7. The van der Waals surface area contributed by atoms with E-state index in [4.69, 9.17) is 9.40 Å². The van der Waals surface area contributed by atoms with Crippen LogP contribution in [0.4, 0.5) is 0 Å². The Hall–Kier alpha value is -11.8. The molecule has 9 aromatic heterocycles. The molecule has 8 nitrogen and oxygen atoms in total. The van der Waals surface area contributed by atoms with Gasteiger partial charge in [0.2, 0.25) is 27.6 Å². The highest BCUT2D eigenvalue weighted by Crippen LogP contribution is 2.52. The van der Waals surface area contributed by atoms with Crippen LogP contribution >= 0.6 is 81.9 Å². The van der Waals surface area contributed by atoms with E-state index in [-0.39, 0.29) is 0 Å². The number of furan rings is 1. The number of thioether (sulfide) groups is 6. The second kappa shape index (κ2) is 36.0. The van der Waals surface area contributed by atoms with Gasteiger partial charge in [-0.05, 0) is 213 Å². The van der Waals surface area contributed by atoms with Gasteiger partial charge >= 0.3 is 0 Å². The minimum atomic E-state index is 0.316. The fourth-order valence-corrected chi connectivity index (χ4v) is 30.9. The lowest BCUT2D eigenvalue weighted by atomic mass is 9.70. The van der Waals surface area contributed by atoms with Crippen molar-refractivity contribution >= 4 is 212 Å². The second-order valence-electron chi connectivity index (χ2n) is 37.9. The maximum atomic E-state index is 5.65. The molecule has 0 saturated heterocycles. The van der Waals surface area contributed by atoms with Crippen molar-refractivity contribution in [3.05, 3.63) is 348 Å². The van der Waals surface area contributed by atoms with Gasteiger partial charge in [-0.1, -0.05) is 249 Å². The quantitative estimate of drug-likeness (QED) is 0.0889. The minimum absolute atomic E-state index is 0.316. The van der Waals surface area contributed by atoms with Crippen LogP contribution in [0.1, 0.15) is 116 Å². The summed E-state index contributed by atoms with van der Waals surface area (Å²) in [7, 11) is 2.12. The van der Waals surface area contributed by atoms with Crippen molar-refractivity contribution in [3.63, 3.8) is 0 Å². The standard InChI is InChI=1S/C22H25NS.C21H16NS.C20H17N2S.C20H20NS.C19H14NOS.C19H14NS2/c1-15-7-8-17-10-9-16-11-12-18(22(2)13-5-4-6-14-22)21(24-3)19(16)20(17)23-15;1-14-7-8-17-10-9-16-11-12-18(15-5-3-2-4-6-15)21-19(16)20(17)22(14)13-23-21;1-13-5-6-15-8-7-14-9-10-16(17-4-3-11-21(17)2)20-18(14)19(15)22(13)12-23-20;1-13-6-7-16-9-8-15-10-11-17(14-4-2-3-5-14)20-18(15)19(16)21(13)12-22-20;2*1-12-4-5-14-7-6-13-8-9-15(16-3-2-10-21-16)19-17(13)18(14)20(12)11-22-19/h7-12H,4-6,13-14H2,1-3H3;2-12H,13H2,1H3;3-11H,12H2,1-2H3;6-11,14H,2-5,12H2,1H3;2*2-10H,11H2,1H3/q;5*+1. The van der Waals surface area contributed by atoms with E-state index in [0.29, 0.717) is 5.41 Å². The van der Waals surface area contributed by atoms with Gasteiger partial charge in [0.25, 0.3) is 0 Å². The van der Waals surface area contributed by atoms with E-state index in [1.54, 1.807) is 16.7 Å². The van der Waals surface area contributed by atoms with Gasteiger partial charge in [0, 0.05) is 178 Å². The molecule has 29 rings (SSSR count). The minimum Gasteiger partial charge on any atom is -0.464 e. The highest BCUT2D eigenvalue weighted by atomic mass is 32.2. The lowest BCUT2D eigenvalue weighted by Gasteiger charge is -2.36. The first-order valence-electron chi connectivity index (χ1n) is 47.9. The van der Waals surface area contributed by atoms with Crippen LogP contribution < -0.4 is 22.8 Å². The molecular weight excluding hydrogens is 1790 g/mol. The van der Waals surface area contributed by atoms with E-state index < -0.39 is 0 Å². The van der Waals surface area contributed by atoms with Gasteiger partial charge in [0.1, 0.15) is 5.76 Å². The topological polar surface area (TPSA) is 50.4 Å². The van der Waals surface area contributed by atoms with Gasteiger partial charge in [-0.3, -0.25) is 4.98 Å². The van der Waals surface area contributed by atoms with Crippen LogP contribution in [0, 0.1) is 41.5 Å². The van der Waals surface area contributed by atoms with E-state index in [1.807, 2.05) is 94.0 Å². The van der Waals surface area contributed by atoms with E-state index in [2.05, 4.69) is 374 Å². The Bertz CT molecular complexity index is 8460. The SMILES string of the molecule is CSc1c(C2(C)CCCCC2)ccc2ccc3ccc(C)nc3c12.Cc1ccc2ccc3ccc(-c4ccccc4)c4c3c2[n+]1CS4.Cc1ccc2ccc3ccc(-c4cccn4C)c4c3c2[n+]1CS4.Cc1ccc2ccc3ccc(-c4ccco4)c4c3c2[n+]1CS4.Cc1ccc2ccc3ccc(-c4cccs4)c4c3c2[n+]1CS4.Cc1ccc2ccc3ccc(C4CCCC4)c4c3c2[n+]1CS4. The van der Waals surface area contributed by atoms with Gasteiger partial charge in [-0.15, -0.1) is 23.1 Å². The summed E-state index contributed by atoms with van der Waals surface area (Å²) in [5.41, 5.74) is 27.2. The van der Waals surface area contributed by atoms with Crippen LogP contribution in [-0.4, -0.2) is 15.8 Å². The Labute approximate surface area is 823 Å². The van der Waals surface area contributed by atoms with E-state index in [0.717, 1.165) is 52.3 Å². The number of hydrogen-bond acceptors (Lipinski definition) is 9. The van der Waals surface area contributed by atoms with Crippen LogP contribution in [0.5, 0.6) is 0 Å². The van der Waals surface area contributed by atoms with Crippen LogP contribution in [0.15, 0.2) is 337 Å². The zero-order valence-electron chi connectivity index (χ0n) is 78.2. The van der Waals surface area contributed by atoms with Gasteiger partial charge in [0.15, 0.2) is 57.9 Å². The zero-order valence-corrected chi connectivity index (χ0v) is 84.0. The maximum absolute atomic E-state index is 5.65. The highest BCUT2D eigenvalue weighted by Gasteiger charge is 2.36. The Morgan fingerprint density at radius 3 is 1.24 bits per heavy atom. The summed E-state index contributed by atoms with van der Waals surface area (Å²) in [6.07, 6.45) is 18.4. The molecule has 2 aliphatic carbocycles. The molecule has 2 fully saturated rings. The molecule has 13 aromatic carbocycles. The second-order valence-corrected chi connectivity index (χ2v) is 44.4. The smallest absolute Gasteiger partial charge is 0.222 e. The molecule has 0 bridgehead atoms. The third kappa shape index (κ3) is 15.2. The van der Waals surface area contributed by atoms with Gasteiger partial charge < -0.3 is 8.98 Å². The first-order chi connectivity index (χ1) is 66.7. The van der Waals surface area contributed by atoms with Crippen LogP contribution in [-0.2, 0) is 41.8 Å². The van der Waals surface area contributed by atoms with Crippen LogP contribution in [0.3, 0.4) is 0 Å². The number of benzene rings is 13. The fraction of sp³-hybridized carbons (Fsp3) is 0.207. The summed E-state index contributed by atoms with van der Waals surface area (Å²) < 4.78 is 20.1. The average molecular weight is 1900 g/mol. The predicted molar refractivity (Wildman–Crippen MR) is 579 cm³/mol. The molecule has 0 spiro atoms. The van der Waals surface area contributed by atoms with Crippen molar-refractivity contribution in [3.8, 4) is 44.1 Å². The first-order valence-corrected chi connectivity index (χ1v) is 54.9. The summed E-state index contributed by atoms with van der Waals surface area (Å²) in [5.74, 6) is 6.71. The van der Waals surface area contributed by atoms with Crippen molar-refractivity contribution in [1.82, 2.24) is 9.55 Å². The summed E-state index contributed by atoms with van der Waals surface area (Å²) in [5, 5.41) is 26.5. The monoisotopic (exact) mass is 1900 g/mol. The maximum Gasteiger partial charge on any atom is 0.222 e. The van der Waals surface area contributed by atoms with E-state index in [1.165, 1.54) is 279 Å². The molecule has 136 heavy (non-hydrogen) atoms. The normalized spacial score (nSPS) is 14.7. The molecule has 2 saturated carbocycles. The molecule has 0 N–H and O–H groups in total. The number of pyridine rings is 6. The molecule has 0 unspecified atom stereocenters. The van der Waals surface area contributed by atoms with Crippen molar-refractivity contribution in [2.24, 2.45) is 7.05 Å². The molecular formula is C121H106N7OS7+5. The predicted octanol–water partition coefficient (Wildman–Crippen LogP) is 32.2. The highest BCUT2D eigenvalue weighted by molar-refractivity contribution is 7.99. The van der Waals surface area contributed by atoms with E-state index in [9.17, 15) is 0 Å². The lowest BCUT2D eigenvalue weighted by molar-refractivity contribution is -0.655. The molecule has 668 valence electrons. The lowest BCUT2D eigenvalue weighted by Crippen LogP contribution is -2.38. The Kier molecular flexibility index (Phi) is 23.0.